The summed E-state index contributed by atoms with van der Waals surface area (Å²) in [5.41, 5.74) is 0. The zero-order valence-corrected chi connectivity index (χ0v) is 16.4. The summed E-state index contributed by atoms with van der Waals surface area (Å²) in [6, 6.07) is -0.735. The number of carbonyl (C=O) groups excluding carboxylic acids is 5. The number of thioether (sulfide) groups is 1. The molecular formula is C17H24N4O6S. The van der Waals surface area contributed by atoms with Crippen molar-refractivity contribution in [2.24, 2.45) is 0 Å². The van der Waals surface area contributed by atoms with E-state index in [0.717, 1.165) is 18.6 Å². The Kier molecular flexibility index (Phi) is 6.42. The van der Waals surface area contributed by atoms with Crippen LogP contribution in [0.25, 0.3) is 0 Å². The zero-order valence-electron chi connectivity index (χ0n) is 15.6. The van der Waals surface area contributed by atoms with E-state index in [9.17, 15) is 24.0 Å². The van der Waals surface area contributed by atoms with Gasteiger partial charge in [0.25, 0.3) is 11.8 Å². The summed E-state index contributed by atoms with van der Waals surface area (Å²) in [6.45, 7) is 1.44. The molecule has 0 spiro atoms. The number of rotatable bonds is 8. The Morgan fingerprint density at radius 2 is 1.93 bits per heavy atom. The third-order valence-corrected chi connectivity index (χ3v) is 6.51. The highest BCUT2D eigenvalue weighted by atomic mass is 32.2. The van der Waals surface area contributed by atoms with Crippen LogP contribution in [0, 0.1) is 0 Å². The molecule has 0 saturated carbocycles. The fourth-order valence-corrected chi connectivity index (χ4v) is 5.02. The third-order valence-electron chi connectivity index (χ3n) is 5.00. The molecule has 0 aromatic rings. The van der Waals surface area contributed by atoms with Crippen LogP contribution in [0.15, 0.2) is 0 Å². The number of carbonyl (C=O) groups is 5. The van der Waals surface area contributed by atoms with Gasteiger partial charge in [-0.25, -0.2) is 9.59 Å². The van der Waals surface area contributed by atoms with Gasteiger partial charge in [0, 0.05) is 30.3 Å². The number of fused-ring (bicyclic) bond motifs is 1. The van der Waals surface area contributed by atoms with Gasteiger partial charge in [-0.15, -0.1) is 5.06 Å². The summed E-state index contributed by atoms with van der Waals surface area (Å²) in [4.78, 5) is 63.0. The number of hydroxylamine groups is 2. The second-order valence-corrected chi connectivity index (χ2v) is 8.42. The van der Waals surface area contributed by atoms with Crippen LogP contribution in [0.3, 0.4) is 0 Å². The van der Waals surface area contributed by atoms with Crippen LogP contribution in [0.2, 0.25) is 0 Å². The van der Waals surface area contributed by atoms with E-state index in [2.05, 4.69) is 16.0 Å². The molecule has 154 valence electrons. The minimum absolute atomic E-state index is 0.0213. The number of nitrogens with zero attached hydrogens (tertiary/aromatic N) is 1. The Labute approximate surface area is 166 Å². The highest BCUT2D eigenvalue weighted by Crippen LogP contribution is 2.33. The van der Waals surface area contributed by atoms with Gasteiger partial charge in [-0.05, 0) is 19.8 Å². The third kappa shape index (κ3) is 4.75. The van der Waals surface area contributed by atoms with Crippen LogP contribution in [-0.4, -0.2) is 63.9 Å². The molecule has 5 amide bonds. The van der Waals surface area contributed by atoms with Gasteiger partial charge < -0.3 is 20.8 Å². The first-order valence-electron chi connectivity index (χ1n) is 9.40. The first kappa shape index (κ1) is 20.4. The maximum atomic E-state index is 12.0. The minimum atomic E-state index is -0.959. The molecule has 3 saturated heterocycles. The molecule has 3 N–H and O–H groups in total. The van der Waals surface area contributed by atoms with Crippen molar-refractivity contribution < 1.29 is 28.8 Å². The van der Waals surface area contributed by atoms with Crippen LogP contribution in [0.4, 0.5) is 4.79 Å². The molecule has 28 heavy (non-hydrogen) atoms. The van der Waals surface area contributed by atoms with Crippen molar-refractivity contribution in [3.8, 4) is 0 Å². The summed E-state index contributed by atoms with van der Waals surface area (Å²) in [6.07, 6.45) is 2.69. The van der Waals surface area contributed by atoms with Crippen molar-refractivity contribution in [2.75, 3.05) is 5.75 Å². The van der Waals surface area contributed by atoms with E-state index in [1.165, 1.54) is 6.92 Å². The van der Waals surface area contributed by atoms with E-state index in [4.69, 9.17) is 4.84 Å². The molecule has 1 unspecified atom stereocenters. The summed E-state index contributed by atoms with van der Waals surface area (Å²) in [5, 5.41) is 9.16. The van der Waals surface area contributed by atoms with Gasteiger partial charge in [0.15, 0.2) is 0 Å². The number of urea groups is 1. The Bertz CT molecular complexity index is 671. The Morgan fingerprint density at radius 3 is 2.64 bits per heavy atom. The Balaban J connectivity index is 1.32. The summed E-state index contributed by atoms with van der Waals surface area (Å²) < 4.78 is 0. The van der Waals surface area contributed by atoms with Crippen LogP contribution in [-0.2, 0) is 24.0 Å². The molecule has 3 aliphatic heterocycles. The smallest absolute Gasteiger partial charge is 0.343 e. The minimum Gasteiger partial charge on any atom is -0.343 e. The molecule has 4 atom stereocenters. The lowest BCUT2D eigenvalue weighted by Crippen LogP contribution is -2.43. The molecule has 3 fully saturated rings. The van der Waals surface area contributed by atoms with Crippen molar-refractivity contribution in [3.05, 3.63) is 0 Å². The average molecular weight is 412 g/mol. The largest absolute Gasteiger partial charge is 0.354 e. The predicted molar refractivity (Wildman–Crippen MR) is 98.7 cm³/mol. The van der Waals surface area contributed by atoms with Crippen molar-refractivity contribution in [3.63, 3.8) is 0 Å². The van der Waals surface area contributed by atoms with Crippen LogP contribution < -0.4 is 16.0 Å². The molecule has 3 aliphatic rings. The van der Waals surface area contributed by atoms with Crippen LogP contribution in [0.5, 0.6) is 0 Å². The number of hydrogen-bond donors (Lipinski definition) is 3. The highest BCUT2D eigenvalue weighted by Gasteiger charge is 2.42. The standard InChI is InChI=1S/C17H24N4O6S/c1-9(16(25)27-21-13(23)6-7-14(21)24)18-12(22)5-3-2-4-11-15-10(8-28-11)19-17(26)20-15/h9-11,15H,2-8H2,1H3,(H,18,22)(H2,19,20,26)/t9?,10-,11-,15-/m0/s1. The van der Waals surface area contributed by atoms with E-state index in [0.29, 0.717) is 16.7 Å². The quantitative estimate of drug-likeness (QED) is 0.286. The molecule has 11 heteroatoms. The number of unbranched alkanes of at least 4 members (excludes halogenated alkanes) is 1. The predicted octanol–water partition coefficient (Wildman–Crippen LogP) is -0.176. The first-order valence-corrected chi connectivity index (χ1v) is 10.5. The fourth-order valence-electron chi connectivity index (χ4n) is 3.47. The van der Waals surface area contributed by atoms with Crippen LogP contribution in [0.1, 0.15) is 45.4 Å². The van der Waals surface area contributed by atoms with E-state index in [1.807, 2.05) is 11.8 Å². The summed E-state index contributed by atoms with van der Waals surface area (Å²) in [5.74, 6) is -1.36. The van der Waals surface area contributed by atoms with E-state index in [1.54, 1.807) is 0 Å². The SMILES string of the molecule is CC(NC(=O)CCCC[C@@H]1SC[C@@H]2NC(=O)N[C@@H]21)C(=O)ON1C(=O)CCC1=O. The van der Waals surface area contributed by atoms with Crippen LogP contribution >= 0.6 is 11.8 Å². The summed E-state index contributed by atoms with van der Waals surface area (Å²) in [7, 11) is 0. The average Bonchev–Trinajstić information content (AvgIpc) is 3.28. The normalized spacial score (nSPS) is 27.2. The van der Waals surface area contributed by atoms with Crippen molar-refractivity contribution in [1.29, 1.82) is 0 Å². The maximum absolute atomic E-state index is 12.0. The first-order chi connectivity index (χ1) is 13.3. The lowest BCUT2D eigenvalue weighted by molar-refractivity contribution is -0.198. The number of nitrogens with one attached hydrogen (secondary N) is 3. The number of hydrogen-bond acceptors (Lipinski definition) is 7. The Morgan fingerprint density at radius 1 is 1.21 bits per heavy atom. The molecule has 0 radical (unpaired) electrons. The van der Waals surface area contributed by atoms with Gasteiger partial charge in [-0.2, -0.15) is 11.8 Å². The zero-order chi connectivity index (χ0) is 20.3. The van der Waals surface area contributed by atoms with Gasteiger partial charge in [0.05, 0.1) is 12.1 Å². The second kappa shape index (κ2) is 8.80. The van der Waals surface area contributed by atoms with E-state index in [-0.39, 0.29) is 43.3 Å². The van der Waals surface area contributed by atoms with Gasteiger partial charge in [0.1, 0.15) is 6.04 Å². The highest BCUT2D eigenvalue weighted by molar-refractivity contribution is 8.00. The van der Waals surface area contributed by atoms with Gasteiger partial charge in [-0.1, -0.05) is 6.42 Å². The molecule has 0 bridgehead atoms. The monoisotopic (exact) mass is 412 g/mol. The number of imide groups is 1. The second-order valence-electron chi connectivity index (χ2n) is 7.15. The van der Waals surface area contributed by atoms with Crippen molar-refractivity contribution in [2.45, 2.75) is 68.8 Å². The topological polar surface area (TPSA) is 134 Å². The molecule has 3 rings (SSSR count). The van der Waals surface area contributed by atoms with Crippen molar-refractivity contribution in [1.82, 2.24) is 21.0 Å². The fraction of sp³-hybridized carbons (Fsp3) is 0.706. The molecule has 10 nitrogen and oxygen atoms in total. The van der Waals surface area contributed by atoms with Gasteiger partial charge in [-0.3, -0.25) is 14.4 Å². The molecular weight excluding hydrogens is 388 g/mol. The van der Waals surface area contributed by atoms with Gasteiger partial charge >= 0.3 is 12.0 Å². The van der Waals surface area contributed by atoms with E-state index < -0.39 is 23.8 Å². The van der Waals surface area contributed by atoms with Crippen molar-refractivity contribution >= 4 is 41.5 Å². The Hall–Kier alpha value is -2.30. The van der Waals surface area contributed by atoms with Gasteiger partial charge in [0.2, 0.25) is 5.91 Å². The lowest BCUT2D eigenvalue weighted by atomic mass is 10.0. The lowest BCUT2D eigenvalue weighted by Gasteiger charge is -2.18. The van der Waals surface area contributed by atoms with E-state index >= 15 is 0 Å². The molecule has 0 aromatic carbocycles. The number of amides is 5. The molecule has 0 aromatic heterocycles. The summed E-state index contributed by atoms with van der Waals surface area (Å²) >= 11 is 1.83. The molecule has 3 heterocycles. The molecule has 0 aliphatic carbocycles. The maximum Gasteiger partial charge on any atom is 0.354 e.